The number of hydrogen-bond acceptors (Lipinski definition) is 2. The number of halogens is 1. The van der Waals surface area contributed by atoms with Crippen molar-refractivity contribution in [2.75, 3.05) is 5.32 Å². The molecule has 0 saturated heterocycles. The fourth-order valence-electron chi connectivity index (χ4n) is 2.64. The van der Waals surface area contributed by atoms with Crippen LogP contribution < -0.4 is 5.32 Å². The smallest absolute Gasteiger partial charge is 0.224 e. The third-order valence-corrected chi connectivity index (χ3v) is 4.49. The Hall–Kier alpha value is -1.65. The molecule has 0 aromatic heterocycles. The van der Waals surface area contributed by atoms with E-state index in [2.05, 4.69) is 21.2 Å². The van der Waals surface area contributed by atoms with Crippen LogP contribution in [0.3, 0.4) is 0 Å². The first-order valence-electron chi connectivity index (χ1n) is 7.00. The summed E-state index contributed by atoms with van der Waals surface area (Å²) < 4.78 is 0.890. The maximum atomic E-state index is 11.6. The lowest BCUT2D eigenvalue weighted by atomic mass is 9.97. The van der Waals surface area contributed by atoms with Gasteiger partial charge in [0.2, 0.25) is 5.91 Å². The first kappa shape index (κ1) is 14.3. The van der Waals surface area contributed by atoms with E-state index in [1.54, 1.807) is 0 Å². The quantitative estimate of drug-likeness (QED) is 0.869. The number of carbonyl (C=O) groups excluding carboxylic acids is 1. The van der Waals surface area contributed by atoms with Gasteiger partial charge in [0, 0.05) is 16.6 Å². The lowest BCUT2D eigenvalue weighted by Crippen LogP contribution is -2.09. The summed E-state index contributed by atoms with van der Waals surface area (Å²) in [6.45, 7) is 0. The van der Waals surface area contributed by atoms with E-state index in [0.29, 0.717) is 6.42 Å². The van der Waals surface area contributed by atoms with Crippen LogP contribution in [0.4, 0.5) is 5.69 Å². The molecule has 4 heteroatoms. The SMILES string of the molecule is O=C1CCCc2cc(C(O)c3ccccc3Br)ccc2N1. The minimum Gasteiger partial charge on any atom is -0.384 e. The molecule has 1 unspecified atom stereocenters. The van der Waals surface area contributed by atoms with Crippen molar-refractivity contribution >= 4 is 27.5 Å². The number of fused-ring (bicyclic) bond motifs is 1. The summed E-state index contributed by atoms with van der Waals surface area (Å²) in [4.78, 5) is 11.6. The van der Waals surface area contributed by atoms with E-state index in [-0.39, 0.29) is 5.91 Å². The average Bonchev–Trinajstić information content (AvgIpc) is 2.67. The van der Waals surface area contributed by atoms with E-state index in [4.69, 9.17) is 0 Å². The Morgan fingerprint density at radius 1 is 1.14 bits per heavy atom. The maximum Gasteiger partial charge on any atom is 0.224 e. The van der Waals surface area contributed by atoms with Gasteiger partial charge in [-0.1, -0.05) is 46.3 Å². The highest BCUT2D eigenvalue weighted by Crippen LogP contribution is 2.31. The molecule has 0 bridgehead atoms. The Balaban J connectivity index is 1.95. The lowest BCUT2D eigenvalue weighted by molar-refractivity contribution is -0.116. The van der Waals surface area contributed by atoms with Crippen LogP contribution in [-0.2, 0) is 11.2 Å². The number of aliphatic hydroxyl groups excluding tert-OH is 1. The van der Waals surface area contributed by atoms with Crippen molar-refractivity contribution in [3.63, 3.8) is 0 Å². The molecule has 1 amide bonds. The molecular weight excluding hydrogens is 330 g/mol. The van der Waals surface area contributed by atoms with Crippen LogP contribution in [0.5, 0.6) is 0 Å². The molecule has 2 aromatic carbocycles. The van der Waals surface area contributed by atoms with Crippen LogP contribution in [0.2, 0.25) is 0 Å². The van der Waals surface area contributed by atoms with Gasteiger partial charge in [-0.25, -0.2) is 0 Å². The topological polar surface area (TPSA) is 49.3 Å². The number of rotatable bonds is 2. The predicted octanol–water partition coefficient (Wildman–Crippen LogP) is 3.81. The van der Waals surface area contributed by atoms with Gasteiger partial charge < -0.3 is 10.4 Å². The summed E-state index contributed by atoms with van der Waals surface area (Å²) in [5.41, 5.74) is 3.64. The summed E-state index contributed by atoms with van der Waals surface area (Å²) in [7, 11) is 0. The van der Waals surface area contributed by atoms with Crippen molar-refractivity contribution in [3.8, 4) is 0 Å². The van der Waals surface area contributed by atoms with Crippen LogP contribution in [0.25, 0.3) is 0 Å². The van der Waals surface area contributed by atoms with Crippen molar-refractivity contribution < 1.29 is 9.90 Å². The second-order valence-corrected chi connectivity index (χ2v) is 6.10. The Morgan fingerprint density at radius 3 is 2.76 bits per heavy atom. The molecule has 2 aromatic rings. The fraction of sp³-hybridized carbons (Fsp3) is 0.235. The van der Waals surface area contributed by atoms with Crippen LogP contribution in [0.1, 0.15) is 35.6 Å². The number of benzene rings is 2. The second kappa shape index (κ2) is 6.00. The van der Waals surface area contributed by atoms with E-state index in [1.165, 1.54) is 0 Å². The molecule has 1 atom stereocenters. The first-order valence-corrected chi connectivity index (χ1v) is 7.79. The largest absolute Gasteiger partial charge is 0.384 e. The van der Waals surface area contributed by atoms with Gasteiger partial charge in [0.1, 0.15) is 6.10 Å². The van der Waals surface area contributed by atoms with Crippen LogP contribution in [-0.4, -0.2) is 11.0 Å². The zero-order valence-electron chi connectivity index (χ0n) is 11.5. The number of hydrogen-bond donors (Lipinski definition) is 2. The lowest BCUT2D eigenvalue weighted by Gasteiger charge is -2.16. The minimum absolute atomic E-state index is 0.0628. The number of aliphatic hydroxyl groups is 1. The summed E-state index contributed by atoms with van der Waals surface area (Å²) >= 11 is 3.47. The Kier molecular flexibility index (Phi) is 4.08. The van der Waals surface area contributed by atoms with Crippen LogP contribution >= 0.6 is 15.9 Å². The Labute approximate surface area is 132 Å². The molecule has 3 nitrogen and oxygen atoms in total. The predicted molar refractivity (Wildman–Crippen MR) is 86.2 cm³/mol. The molecule has 0 spiro atoms. The standard InChI is InChI=1S/C17H16BrNO2/c18-14-6-2-1-5-13(14)17(21)12-8-9-15-11(10-12)4-3-7-16(20)19-15/h1-2,5-6,8-10,17,21H,3-4,7H2,(H,19,20). The second-order valence-electron chi connectivity index (χ2n) is 5.24. The number of amides is 1. The molecule has 1 aliphatic rings. The Bertz CT molecular complexity index is 684. The van der Waals surface area contributed by atoms with Crippen molar-refractivity contribution in [1.29, 1.82) is 0 Å². The maximum absolute atomic E-state index is 11.6. The fourth-order valence-corrected chi connectivity index (χ4v) is 3.14. The summed E-state index contributed by atoms with van der Waals surface area (Å²) in [6, 6.07) is 13.4. The van der Waals surface area contributed by atoms with Gasteiger partial charge in [0.05, 0.1) is 0 Å². The van der Waals surface area contributed by atoms with E-state index >= 15 is 0 Å². The van der Waals surface area contributed by atoms with E-state index in [0.717, 1.165) is 39.7 Å². The molecular formula is C17H16BrNO2. The minimum atomic E-state index is -0.676. The molecule has 1 heterocycles. The van der Waals surface area contributed by atoms with Gasteiger partial charge in [-0.15, -0.1) is 0 Å². The summed E-state index contributed by atoms with van der Waals surface area (Å²) in [6.07, 6.45) is 1.57. The highest BCUT2D eigenvalue weighted by molar-refractivity contribution is 9.10. The zero-order chi connectivity index (χ0) is 14.8. The zero-order valence-corrected chi connectivity index (χ0v) is 13.1. The van der Waals surface area contributed by atoms with E-state index in [1.807, 2.05) is 42.5 Å². The third kappa shape index (κ3) is 3.01. The van der Waals surface area contributed by atoms with Crippen molar-refractivity contribution in [2.45, 2.75) is 25.4 Å². The van der Waals surface area contributed by atoms with Crippen molar-refractivity contribution in [2.24, 2.45) is 0 Å². The molecule has 21 heavy (non-hydrogen) atoms. The molecule has 0 radical (unpaired) electrons. The van der Waals surface area contributed by atoms with Gasteiger partial charge in [0.15, 0.2) is 0 Å². The highest BCUT2D eigenvalue weighted by Gasteiger charge is 2.17. The number of carbonyl (C=O) groups is 1. The van der Waals surface area contributed by atoms with Crippen LogP contribution in [0.15, 0.2) is 46.9 Å². The molecule has 3 rings (SSSR count). The highest BCUT2D eigenvalue weighted by atomic mass is 79.9. The Morgan fingerprint density at radius 2 is 1.95 bits per heavy atom. The van der Waals surface area contributed by atoms with Gasteiger partial charge in [-0.05, 0) is 41.7 Å². The molecule has 2 N–H and O–H groups in total. The number of nitrogens with one attached hydrogen (secondary N) is 1. The molecule has 0 aliphatic carbocycles. The monoisotopic (exact) mass is 345 g/mol. The normalized spacial score (nSPS) is 15.8. The average molecular weight is 346 g/mol. The molecule has 0 fully saturated rings. The summed E-state index contributed by atoms with van der Waals surface area (Å²) in [5, 5.41) is 13.5. The molecule has 0 saturated carbocycles. The van der Waals surface area contributed by atoms with Crippen molar-refractivity contribution in [3.05, 3.63) is 63.6 Å². The van der Waals surface area contributed by atoms with E-state index in [9.17, 15) is 9.90 Å². The number of aryl methyl sites for hydroxylation is 1. The third-order valence-electron chi connectivity index (χ3n) is 3.77. The summed E-state index contributed by atoms with van der Waals surface area (Å²) in [5.74, 6) is 0.0628. The van der Waals surface area contributed by atoms with Crippen LogP contribution in [0, 0.1) is 0 Å². The number of anilines is 1. The molecule has 1 aliphatic heterocycles. The van der Waals surface area contributed by atoms with Gasteiger partial charge >= 0.3 is 0 Å². The van der Waals surface area contributed by atoms with Crippen molar-refractivity contribution in [1.82, 2.24) is 0 Å². The first-order chi connectivity index (χ1) is 10.1. The van der Waals surface area contributed by atoms with E-state index < -0.39 is 6.10 Å². The van der Waals surface area contributed by atoms with Gasteiger partial charge in [0.25, 0.3) is 0 Å². The molecule has 108 valence electrons. The van der Waals surface area contributed by atoms with Gasteiger partial charge in [-0.2, -0.15) is 0 Å². The van der Waals surface area contributed by atoms with Gasteiger partial charge in [-0.3, -0.25) is 4.79 Å².